The van der Waals surface area contributed by atoms with Crippen molar-refractivity contribution < 1.29 is 23.8 Å². The minimum atomic E-state index is -0.722. The summed E-state index contributed by atoms with van der Waals surface area (Å²) in [6.45, 7) is 0. The molecule has 0 aliphatic heterocycles. The maximum atomic E-state index is 12.5. The molecule has 2 aromatic heterocycles. The van der Waals surface area contributed by atoms with E-state index < -0.39 is 11.9 Å². The Labute approximate surface area is 190 Å². The fourth-order valence-electron chi connectivity index (χ4n) is 4.03. The van der Waals surface area contributed by atoms with Crippen molar-refractivity contribution in [2.75, 3.05) is 17.7 Å². The number of rotatable bonds is 8. The lowest BCUT2D eigenvalue weighted by molar-refractivity contribution is -0.138. The summed E-state index contributed by atoms with van der Waals surface area (Å²) in [5.41, 5.74) is 2.42. The Morgan fingerprint density at radius 3 is 2.42 bits per heavy atom. The number of anilines is 3. The molecule has 0 unspecified atom stereocenters. The van der Waals surface area contributed by atoms with Gasteiger partial charge in [0.05, 0.1) is 19.0 Å². The third-order valence-corrected chi connectivity index (χ3v) is 5.77. The highest BCUT2D eigenvalue weighted by Gasteiger charge is 2.24. The van der Waals surface area contributed by atoms with E-state index in [1.165, 1.54) is 12.7 Å². The molecule has 0 radical (unpaired) electrons. The number of pyridine rings is 1. The molecule has 3 N–H and O–H groups in total. The Bertz CT molecular complexity index is 1090. The zero-order valence-corrected chi connectivity index (χ0v) is 18.2. The van der Waals surface area contributed by atoms with Crippen LogP contribution in [-0.4, -0.2) is 39.3 Å². The normalized spacial score (nSPS) is 17.8. The molecule has 172 valence electrons. The number of amides is 1. The number of carbonyl (C=O) groups is 2. The molecule has 1 aromatic carbocycles. The fraction of sp³-hybridized carbons (Fsp3) is 0.348. The highest BCUT2D eigenvalue weighted by atomic mass is 16.5. The van der Waals surface area contributed by atoms with Gasteiger partial charge >= 0.3 is 23.8 Å². The number of nitrogens with zero attached hydrogens (tertiary/aromatic N) is 3. The summed E-state index contributed by atoms with van der Waals surface area (Å²) < 4.78 is 10.4. The molecular formula is C23H25N5O5. The van der Waals surface area contributed by atoms with Crippen LogP contribution in [0.3, 0.4) is 0 Å². The van der Waals surface area contributed by atoms with E-state index in [1.54, 1.807) is 18.3 Å². The molecule has 10 heteroatoms. The van der Waals surface area contributed by atoms with Gasteiger partial charge in [-0.2, -0.15) is 0 Å². The minimum Gasteiger partial charge on any atom is -0.481 e. The summed E-state index contributed by atoms with van der Waals surface area (Å²) in [6.07, 6.45) is 5.60. The van der Waals surface area contributed by atoms with Crippen LogP contribution in [0.5, 0.6) is 5.88 Å². The quantitative estimate of drug-likeness (QED) is 0.459. The van der Waals surface area contributed by atoms with Crippen molar-refractivity contribution in [1.82, 2.24) is 15.2 Å². The van der Waals surface area contributed by atoms with Crippen molar-refractivity contribution in [3.05, 3.63) is 54.0 Å². The lowest BCUT2D eigenvalue weighted by Crippen LogP contribution is -2.16. The van der Waals surface area contributed by atoms with Crippen molar-refractivity contribution in [3.8, 4) is 5.88 Å². The molecule has 1 fully saturated rings. The molecule has 10 nitrogen and oxygen atoms in total. The molecule has 2 heterocycles. The highest BCUT2D eigenvalue weighted by Crippen LogP contribution is 2.37. The van der Waals surface area contributed by atoms with Crippen molar-refractivity contribution in [2.24, 2.45) is 5.92 Å². The zero-order chi connectivity index (χ0) is 23.2. The van der Waals surface area contributed by atoms with E-state index in [4.69, 9.17) is 14.3 Å². The summed E-state index contributed by atoms with van der Waals surface area (Å²) in [6, 6.07) is 11.2. The van der Waals surface area contributed by atoms with Gasteiger partial charge in [0.15, 0.2) is 0 Å². The standard InChI is InChI=1S/C23H25N5O5/c1-32-19-11-10-18(13-24-19)26-23-28-27-22(33-23)21(31)25-17-8-6-16(7-9-17)15-4-2-14(3-5-15)12-20(29)30/h6-11,13-15H,2-5,12H2,1H3,(H,25,31)(H,26,28)(H,29,30)/t14-,15-. The zero-order valence-electron chi connectivity index (χ0n) is 18.2. The number of ether oxygens (including phenoxy) is 1. The maximum absolute atomic E-state index is 12.5. The Morgan fingerprint density at radius 2 is 1.79 bits per heavy atom. The molecular weight excluding hydrogens is 426 g/mol. The number of aromatic nitrogens is 3. The van der Waals surface area contributed by atoms with Crippen LogP contribution in [0.25, 0.3) is 0 Å². The number of nitrogens with one attached hydrogen (secondary N) is 2. The maximum Gasteiger partial charge on any atom is 0.320 e. The van der Waals surface area contributed by atoms with Crippen molar-refractivity contribution in [1.29, 1.82) is 0 Å². The first kappa shape index (κ1) is 22.3. The van der Waals surface area contributed by atoms with Crippen LogP contribution in [0.1, 0.15) is 54.3 Å². The number of benzene rings is 1. The molecule has 0 saturated heterocycles. The van der Waals surface area contributed by atoms with Crippen molar-refractivity contribution in [2.45, 2.75) is 38.0 Å². The van der Waals surface area contributed by atoms with E-state index >= 15 is 0 Å². The second-order valence-corrected chi connectivity index (χ2v) is 8.02. The van der Waals surface area contributed by atoms with Crippen molar-refractivity contribution >= 4 is 29.3 Å². The van der Waals surface area contributed by atoms with E-state index in [0.29, 0.717) is 23.2 Å². The van der Waals surface area contributed by atoms with Crippen LogP contribution in [0.4, 0.5) is 17.4 Å². The van der Waals surface area contributed by atoms with Crippen LogP contribution >= 0.6 is 0 Å². The van der Waals surface area contributed by atoms with Gasteiger partial charge in [-0.3, -0.25) is 9.59 Å². The fourth-order valence-corrected chi connectivity index (χ4v) is 4.03. The van der Waals surface area contributed by atoms with E-state index in [9.17, 15) is 9.59 Å². The van der Waals surface area contributed by atoms with Crippen LogP contribution < -0.4 is 15.4 Å². The van der Waals surface area contributed by atoms with Gasteiger partial charge in [0, 0.05) is 18.2 Å². The Hall–Kier alpha value is -3.95. The van der Waals surface area contributed by atoms with Gasteiger partial charge in [0.2, 0.25) is 5.88 Å². The van der Waals surface area contributed by atoms with Crippen LogP contribution in [0.15, 0.2) is 47.0 Å². The van der Waals surface area contributed by atoms with Crippen LogP contribution in [0, 0.1) is 5.92 Å². The predicted molar refractivity (Wildman–Crippen MR) is 120 cm³/mol. The summed E-state index contributed by atoms with van der Waals surface area (Å²) in [4.78, 5) is 27.4. The smallest absolute Gasteiger partial charge is 0.320 e. The molecule has 3 aromatic rings. The largest absolute Gasteiger partial charge is 0.481 e. The van der Waals surface area contributed by atoms with E-state index in [0.717, 1.165) is 25.7 Å². The predicted octanol–water partition coefficient (Wildman–Crippen LogP) is 4.22. The molecule has 0 spiro atoms. The first-order valence-electron chi connectivity index (χ1n) is 10.7. The summed E-state index contributed by atoms with van der Waals surface area (Å²) in [5.74, 6) is -0.238. The van der Waals surface area contributed by atoms with Crippen LogP contribution in [-0.2, 0) is 4.79 Å². The van der Waals surface area contributed by atoms with E-state index in [2.05, 4.69) is 25.8 Å². The Balaban J connectivity index is 1.30. The van der Waals surface area contributed by atoms with Gasteiger partial charge in [-0.25, -0.2) is 4.98 Å². The lowest BCUT2D eigenvalue weighted by atomic mass is 9.77. The topological polar surface area (TPSA) is 139 Å². The van der Waals surface area contributed by atoms with Gasteiger partial charge in [0.25, 0.3) is 0 Å². The van der Waals surface area contributed by atoms with E-state index in [1.807, 2.05) is 24.3 Å². The van der Waals surface area contributed by atoms with E-state index in [-0.39, 0.29) is 24.2 Å². The average Bonchev–Trinajstić information content (AvgIpc) is 3.29. The molecule has 1 aliphatic carbocycles. The monoisotopic (exact) mass is 451 g/mol. The molecule has 0 bridgehead atoms. The van der Waals surface area contributed by atoms with Gasteiger partial charge in [0.1, 0.15) is 0 Å². The van der Waals surface area contributed by atoms with Gasteiger partial charge < -0.3 is 24.9 Å². The summed E-state index contributed by atoms with van der Waals surface area (Å²) in [7, 11) is 1.53. The highest BCUT2D eigenvalue weighted by molar-refractivity contribution is 6.00. The molecule has 1 saturated carbocycles. The Kier molecular flexibility index (Phi) is 6.82. The molecule has 1 aliphatic rings. The number of hydrogen-bond donors (Lipinski definition) is 3. The van der Waals surface area contributed by atoms with Gasteiger partial charge in [-0.15, -0.1) is 5.10 Å². The van der Waals surface area contributed by atoms with Crippen molar-refractivity contribution in [3.63, 3.8) is 0 Å². The molecule has 1 amide bonds. The second kappa shape index (κ2) is 10.1. The van der Waals surface area contributed by atoms with Crippen LogP contribution in [0.2, 0.25) is 0 Å². The molecule has 0 atom stereocenters. The van der Waals surface area contributed by atoms with Gasteiger partial charge in [-0.1, -0.05) is 17.2 Å². The number of carbonyl (C=O) groups excluding carboxylic acids is 1. The average molecular weight is 451 g/mol. The second-order valence-electron chi connectivity index (χ2n) is 8.02. The molecule has 33 heavy (non-hydrogen) atoms. The number of aliphatic carboxylic acids is 1. The lowest BCUT2D eigenvalue weighted by Gasteiger charge is -2.28. The molecule has 4 rings (SSSR count). The SMILES string of the molecule is COc1ccc(Nc2nnc(C(=O)Nc3ccc([C@H]4CC[C@H](CC(=O)O)CC4)cc3)o2)cn1. The first-order valence-corrected chi connectivity index (χ1v) is 10.7. The van der Waals surface area contributed by atoms with Gasteiger partial charge in [-0.05, 0) is 61.3 Å². The third-order valence-electron chi connectivity index (χ3n) is 5.77. The first-order chi connectivity index (χ1) is 16.0. The number of carboxylic acids is 1. The summed E-state index contributed by atoms with van der Waals surface area (Å²) in [5, 5.41) is 22.2. The number of methoxy groups -OCH3 is 1. The number of hydrogen-bond acceptors (Lipinski definition) is 8. The Morgan fingerprint density at radius 1 is 1.06 bits per heavy atom. The number of carboxylic acid groups (broad SMARTS) is 1. The minimum absolute atomic E-state index is 0.0703. The third kappa shape index (κ3) is 5.85. The summed E-state index contributed by atoms with van der Waals surface area (Å²) >= 11 is 0.